The van der Waals surface area contributed by atoms with E-state index in [1.54, 1.807) is 19.2 Å². The van der Waals surface area contributed by atoms with Crippen LogP contribution in [0.5, 0.6) is 0 Å². The Morgan fingerprint density at radius 2 is 1.71 bits per heavy atom. The van der Waals surface area contributed by atoms with Gasteiger partial charge in [-0.1, -0.05) is 30.3 Å². The van der Waals surface area contributed by atoms with Crippen LogP contribution in [0, 0.1) is 13.8 Å². The van der Waals surface area contributed by atoms with Gasteiger partial charge in [0.2, 0.25) is 0 Å². The fraction of sp³-hybridized carbons (Fsp3) is 0.182. The Morgan fingerprint density at radius 1 is 1.04 bits per heavy atom. The average molecular weight is 376 g/mol. The Bertz CT molecular complexity index is 1110. The molecule has 0 atom stereocenters. The van der Waals surface area contributed by atoms with E-state index >= 15 is 0 Å². The molecule has 1 aliphatic heterocycles. The Hall–Kier alpha value is -3.38. The third-order valence-electron chi connectivity index (χ3n) is 5.03. The first-order chi connectivity index (χ1) is 13.3. The predicted octanol–water partition coefficient (Wildman–Crippen LogP) is 3.03. The van der Waals surface area contributed by atoms with Gasteiger partial charge in [-0.15, -0.1) is 0 Å². The summed E-state index contributed by atoms with van der Waals surface area (Å²) in [4.78, 5) is 25.0. The molecule has 6 nitrogen and oxygen atoms in total. The van der Waals surface area contributed by atoms with Crippen molar-refractivity contribution in [1.82, 2.24) is 10.3 Å². The number of rotatable bonds is 3. The van der Waals surface area contributed by atoms with Gasteiger partial charge in [0.25, 0.3) is 11.8 Å². The van der Waals surface area contributed by atoms with Crippen LogP contribution in [0.3, 0.4) is 0 Å². The summed E-state index contributed by atoms with van der Waals surface area (Å²) < 4.78 is 0. The van der Waals surface area contributed by atoms with Crippen LogP contribution in [0.4, 0.5) is 0 Å². The Kier molecular flexibility index (Phi) is 5.33. The Labute approximate surface area is 163 Å². The van der Waals surface area contributed by atoms with Crippen molar-refractivity contribution in [1.29, 1.82) is 0 Å². The molecule has 0 aliphatic carbocycles. The van der Waals surface area contributed by atoms with Gasteiger partial charge in [-0.05, 0) is 49.1 Å². The summed E-state index contributed by atoms with van der Waals surface area (Å²) in [7, 11) is 0. The predicted molar refractivity (Wildman–Crippen MR) is 112 cm³/mol. The number of aryl methyl sites for hydroxylation is 2. The summed E-state index contributed by atoms with van der Waals surface area (Å²) in [6, 6.07) is 11.8. The number of primary amides is 1. The normalized spacial score (nSPS) is 12.6. The molecule has 144 valence electrons. The molecule has 0 radical (unpaired) electrons. The fourth-order valence-electron chi connectivity index (χ4n) is 3.26. The molecule has 28 heavy (non-hydrogen) atoms. The van der Waals surface area contributed by atoms with Crippen LogP contribution in [-0.2, 0) is 11.3 Å². The molecule has 0 fully saturated rings. The van der Waals surface area contributed by atoms with Gasteiger partial charge in [0.05, 0.1) is 11.1 Å². The summed E-state index contributed by atoms with van der Waals surface area (Å²) in [6.45, 7) is 6.29. The van der Waals surface area contributed by atoms with Gasteiger partial charge in [0.15, 0.2) is 0 Å². The highest BCUT2D eigenvalue weighted by molar-refractivity contribution is 6.10. The highest BCUT2D eigenvalue weighted by atomic mass is 16.2. The topological polar surface area (TPSA) is 114 Å². The van der Waals surface area contributed by atoms with Crippen molar-refractivity contribution in [2.75, 3.05) is 0 Å². The van der Waals surface area contributed by atoms with Gasteiger partial charge < -0.3 is 21.8 Å². The van der Waals surface area contributed by atoms with Crippen LogP contribution in [0.25, 0.3) is 22.0 Å². The smallest absolute Gasteiger partial charge is 0.252 e. The van der Waals surface area contributed by atoms with E-state index in [2.05, 4.69) is 16.4 Å². The Morgan fingerprint density at radius 3 is 2.25 bits per heavy atom. The maximum absolute atomic E-state index is 11.7. The van der Waals surface area contributed by atoms with Gasteiger partial charge in [-0.2, -0.15) is 0 Å². The van der Waals surface area contributed by atoms with Crippen molar-refractivity contribution in [2.24, 2.45) is 11.5 Å². The van der Waals surface area contributed by atoms with Gasteiger partial charge >= 0.3 is 0 Å². The number of fused-ring (bicyclic) bond motifs is 1. The summed E-state index contributed by atoms with van der Waals surface area (Å²) in [6.07, 6.45) is 1.68. The lowest BCUT2D eigenvalue weighted by molar-refractivity contribution is -0.118. The minimum absolute atomic E-state index is 0.0509. The lowest BCUT2D eigenvalue weighted by Crippen LogP contribution is -2.28. The Balaban J connectivity index is 0.000000320. The maximum atomic E-state index is 11.7. The van der Waals surface area contributed by atoms with Crippen molar-refractivity contribution in [3.63, 3.8) is 0 Å². The number of H-pyrrole nitrogens is 1. The van der Waals surface area contributed by atoms with Gasteiger partial charge in [-0.3, -0.25) is 9.59 Å². The van der Waals surface area contributed by atoms with Crippen LogP contribution in [0.15, 0.2) is 48.2 Å². The van der Waals surface area contributed by atoms with E-state index in [9.17, 15) is 9.59 Å². The third kappa shape index (κ3) is 3.42. The highest BCUT2D eigenvalue weighted by Gasteiger charge is 2.17. The first kappa shape index (κ1) is 19.4. The van der Waals surface area contributed by atoms with Gasteiger partial charge in [-0.25, -0.2) is 0 Å². The second-order valence-corrected chi connectivity index (χ2v) is 6.81. The molecule has 3 aromatic rings. The van der Waals surface area contributed by atoms with Crippen LogP contribution in [0.2, 0.25) is 0 Å². The van der Waals surface area contributed by atoms with Gasteiger partial charge in [0.1, 0.15) is 0 Å². The minimum Gasteiger partial charge on any atom is -0.366 e. The van der Waals surface area contributed by atoms with Crippen molar-refractivity contribution < 1.29 is 9.59 Å². The molecule has 6 heteroatoms. The largest absolute Gasteiger partial charge is 0.366 e. The standard InChI is InChI=1S/C18H19N3O.C4H5NO/c1-10-11(2)21-17-15(18(20)22)8-7-14(16(10)17)13-6-4-3-5-12(13)9-19;1-3-2-5-4(3)6/h3-8,21H,9,19H2,1-2H3,(H2,20,22);2H,1H3,(H,5,6). The van der Waals surface area contributed by atoms with E-state index in [1.165, 1.54) is 0 Å². The monoisotopic (exact) mass is 376 g/mol. The van der Waals surface area contributed by atoms with Crippen LogP contribution in [0.1, 0.15) is 34.1 Å². The molecule has 0 bridgehead atoms. The maximum Gasteiger partial charge on any atom is 0.252 e. The molecule has 0 unspecified atom stereocenters. The molecule has 1 aromatic heterocycles. The quantitative estimate of drug-likeness (QED) is 0.563. The molecule has 2 aromatic carbocycles. The SMILES string of the molecule is CC1=CNC1=O.Cc1[nH]c2c(C(N)=O)ccc(-c3ccccc3CN)c2c1C. The van der Waals surface area contributed by atoms with Crippen molar-refractivity contribution in [2.45, 2.75) is 27.3 Å². The number of benzene rings is 2. The summed E-state index contributed by atoms with van der Waals surface area (Å²) in [5, 5.41) is 3.49. The van der Waals surface area contributed by atoms with Crippen LogP contribution >= 0.6 is 0 Å². The zero-order valence-electron chi connectivity index (χ0n) is 16.2. The van der Waals surface area contributed by atoms with Gasteiger partial charge in [0, 0.05) is 29.4 Å². The van der Waals surface area contributed by atoms with E-state index in [0.29, 0.717) is 12.1 Å². The molecule has 1 aliphatic rings. The molecule has 4 rings (SSSR count). The van der Waals surface area contributed by atoms with E-state index < -0.39 is 5.91 Å². The number of hydrogen-bond donors (Lipinski definition) is 4. The number of aromatic nitrogens is 1. The number of nitrogens with one attached hydrogen (secondary N) is 2. The molecule has 2 heterocycles. The minimum atomic E-state index is -0.426. The van der Waals surface area contributed by atoms with Crippen LogP contribution < -0.4 is 16.8 Å². The first-order valence-corrected chi connectivity index (χ1v) is 9.02. The zero-order chi connectivity index (χ0) is 20.4. The number of carbonyl (C=O) groups is 2. The number of nitrogens with two attached hydrogens (primary N) is 2. The van der Waals surface area contributed by atoms with E-state index in [4.69, 9.17) is 11.5 Å². The van der Waals surface area contributed by atoms with Crippen molar-refractivity contribution in [3.8, 4) is 11.1 Å². The first-order valence-electron chi connectivity index (χ1n) is 9.02. The molecule has 0 spiro atoms. The number of amides is 2. The van der Waals surface area contributed by atoms with E-state index in [-0.39, 0.29) is 5.91 Å². The second kappa shape index (κ2) is 7.70. The summed E-state index contributed by atoms with van der Waals surface area (Å²) in [5.41, 5.74) is 18.9. The number of aromatic amines is 1. The molecular weight excluding hydrogens is 352 g/mol. The lowest BCUT2D eigenvalue weighted by atomic mass is 9.93. The summed E-state index contributed by atoms with van der Waals surface area (Å²) in [5.74, 6) is -0.375. The molecule has 6 N–H and O–H groups in total. The molecular formula is C22H24N4O2. The zero-order valence-corrected chi connectivity index (χ0v) is 16.2. The number of carbonyl (C=O) groups excluding carboxylic acids is 2. The van der Waals surface area contributed by atoms with Crippen molar-refractivity contribution in [3.05, 3.63) is 70.6 Å². The van der Waals surface area contributed by atoms with E-state index in [1.807, 2.05) is 38.1 Å². The fourth-order valence-corrected chi connectivity index (χ4v) is 3.26. The average Bonchev–Trinajstić information content (AvgIpc) is 3.00. The molecule has 2 amide bonds. The molecule has 0 saturated carbocycles. The number of hydrogen-bond acceptors (Lipinski definition) is 3. The second-order valence-electron chi connectivity index (χ2n) is 6.81. The molecule has 0 saturated heterocycles. The summed E-state index contributed by atoms with van der Waals surface area (Å²) >= 11 is 0. The highest BCUT2D eigenvalue weighted by Crippen LogP contribution is 2.35. The van der Waals surface area contributed by atoms with E-state index in [0.717, 1.165) is 44.4 Å². The third-order valence-corrected chi connectivity index (χ3v) is 5.03. The lowest BCUT2D eigenvalue weighted by Gasteiger charge is -2.11. The van der Waals surface area contributed by atoms with Crippen molar-refractivity contribution >= 4 is 22.7 Å². The van der Waals surface area contributed by atoms with Crippen LogP contribution in [-0.4, -0.2) is 16.8 Å².